The molecule has 1 aromatic carbocycles. The summed E-state index contributed by atoms with van der Waals surface area (Å²) in [5.41, 5.74) is 8.94. The Balaban J connectivity index is 0.00000200. The number of halogens is 1. The van der Waals surface area contributed by atoms with Crippen LogP contribution in [0.25, 0.3) is 0 Å². The Hall–Kier alpha value is -1.06. The highest BCUT2D eigenvalue weighted by atomic mass is 35.5. The van der Waals surface area contributed by atoms with Crippen LogP contribution in [-0.4, -0.2) is 29.9 Å². The molecule has 4 heteroatoms. The maximum absolute atomic E-state index is 12.7. The molecule has 1 aliphatic heterocycles. The number of carbonyl (C=O) groups excluding carboxylic acids is 1. The van der Waals surface area contributed by atoms with Crippen molar-refractivity contribution < 1.29 is 4.79 Å². The maximum atomic E-state index is 12.7. The smallest absolute Gasteiger partial charge is 0.254 e. The van der Waals surface area contributed by atoms with Crippen molar-refractivity contribution in [2.45, 2.75) is 39.7 Å². The van der Waals surface area contributed by atoms with Crippen LogP contribution < -0.4 is 5.73 Å². The topological polar surface area (TPSA) is 46.3 Å². The van der Waals surface area contributed by atoms with Crippen molar-refractivity contribution in [1.82, 2.24) is 4.90 Å². The number of carbonyl (C=O) groups is 1. The van der Waals surface area contributed by atoms with Gasteiger partial charge < -0.3 is 10.6 Å². The van der Waals surface area contributed by atoms with Crippen molar-refractivity contribution in [2.24, 2.45) is 11.7 Å². The number of rotatable bonds is 2. The van der Waals surface area contributed by atoms with Crippen molar-refractivity contribution in [3.05, 3.63) is 34.9 Å². The largest absolute Gasteiger partial charge is 0.334 e. The first-order chi connectivity index (χ1) is 9.02. The maximum Gasteiger partial charge on any atom is 0.254 e. The van der Waals surface area contributed by atoms with E-state index in [0.717, 1.165) is 29.7 Å². The average Bonchev–Trinajstić information content (AvgIpc) is 2.36. The number of aryl methyl sites for hydroxylation is 2. The van der Waals surface area contributed by atoms with Gasteiger partial charge in [-0.1, -0.05) is 24.1 Å². The molecule has 2 unspecified atom stereocenters. The fraction of sp³-hybridized carbons (Fsp3) is 0.562. The van der Waals surface area contributed by atoms with Gasteiger partial charge in [-0.05, 0) is 44.7 Å². The second kappa shape index (κ2) is 7.09. The van der Waals surface area contributed by atoms with Crippen LogP contribution >= 0.6 is 12.4 Å². The standard InChI is InChI=1S/C16H24N2O.ClH/c1-11-7-12(2)9-14(8-11)16(19)18-6-4-5-13(3)15(18)10-17;/h7-9,13,15H,4-6,10,17H2,1-3H3;1H. The fourth-order valence-corrected chi connectivity index (χ4v) is 3.12. The van der Waals surface area contributed by atoms with Crippen LogP contribution in [0.15, 0.2) is 18.2 Å². The molecule has 2 atom stereocenters. The fourth-order valence-electron chi connectivity index (χ4n) is 3.12. The van der Waals surface area contributed by atoms with Crippen molar-refractivity contribution in [1.29, 1.82) is 0 Å². The zero-order chi connectivity index (χ0) is 14.0. The first kappa shape index (κ1) is 17.0. The molecule has 1 amide bonds. The minimum Gasteiger partial charge on any atom is -0.334 e. The molecule has 1 saturated heterocycles. The third-order valence-corrected chi connectivity index (χ3v) is 4.09. The summed E-state index contributed by atoms with van der Waals surface area (Å²) < 4.78 is 0. The van der Waals surface area contributed by atoms with Crippen molar-refractivity contribution in [3.8, 4) is 0 Å². The summed E-state index contributed by atoms with van der Waals surface area (Å²) in [4.78, 5) is 14.7. The predicted octanol–water partition coefficient (Wildman–Crippen LogP) is 2.92. The first-order valence-electron chi connectivity index (χ1n) is 7.12. The van der Waals surface area contributed by atoms with Crippen LogP contribution in [0.4, 0.5) is 0 Å². The Morgan fingerprint density at radius 1 is 1.30 bits per heavy atom. The molecule has 2 N–H and O–H groups in total. The third-order valence-electron chi connectivity index (χ3n) is 4.09. The van der Waals surface area contributed by atoms with Crippen molar-refractivity contribution in [3.63, 3.8) is 0 Å². The molecule has 0 bridgehead atoms. The van der Waals surface area contributed by atoms with Crippen LogP contribution in [0.5, 0.6) is 0 Å². The highest BCUT2D eigenvalue weighted by molar-refractivity contribution is 5.95. The summed E-state index contributed by atoms with van der Waals surface area (Å²) in [6.07, 6.45) is 2.24. The van der Waals surface area contributed by atoms with Gasteiger partial charge in [0.05, 0.1) is 0 Å². The van der Waals surface area contributed by atoms with Crippen LogP contribution in [0.2, 0.25) is 0 Å². The number of nitrogens with zero attached hydrogens (tertiary/aromatic N) is 1. The lowest BCUT2D eigenvalue weighted by atomic mass is 9.90. The molecule has 0 aromatic heterocycles. The Bertz CT molecular complexity index is 455. The number of hydrogen-bond acceptors (Lipinski definition) is 2. The van der Waals surface area contributed by atoms with E-state index in [1.807, 2.05) is 30.9 Å². The molecule has 20 heavy (non-hydrogen) atoms. The van der Waals surface area contributed by atoms with Gasteiger partial charge in [0.25, 0.3) is 5.91 Å². The molecule has 0 radical (unpaired) electrons. The van der Waals surface area contributed by atoms with E-state index < -0.39 is 0 Å². The van der Waals surface area contributed by atoms with Crippen LogP contribution in [0, 0.1) is 19.8 Å². The highest BCUT2D eigenvalue weighted by Gasteiger charge is 2.31. The number of piperidine rings is 1. The summed E-state index contributed by atoms with van der Waals surface area (Å²) in [7, 11) is 0. The second-order valence-corrected chi connectivity index (χ2v) is 5.80. The highest BCUT2D eigenvalue weighted by Crippen LogP contribution is 2.24. The van der Waals surface area contributed by atoms with Gasteiger partial charge in [0.2, 0.25) is 0 Å². The minimum atomic E-state index is 0. The lowest BCUT2D eigenvalue weighted by Gasteiger charge is -2.39. The van der Waals surface area contributed by atoms with Crippen molar-refractivity contribution in [2.75, 3.05) is 13.1 Å². The molecule has 3 nitrogen and oxygen atoms in total. The van der Waals surface area contributed by atoms with Gasteiger partial charge in [-0.2, -0.15) is 0 Å². The summed E-state index contributed by atoms with van der Waals surface area (Å²) >= 11 is 0. The number of hydrogen-bond donors (Lipinski definition) is 1. The molecule has 0 spiro atoms. The molecule has 1 heterocycles. The first-order valence-corrected chi connectivity index (χ1v) is 7.12. The van der Waals surface area contributed by atoms with E-state index in [4.69, 9.17) is 5.73 Å². The zero-order valence-electron chi connectivity index (χ0n) is 12.6. The third kappa shape index (κ3) is 3.53. The lowest BCUT2D eigenvalue weighted by Crippen LogP contribution is -2.51. The Labute approximate surface area is 127 Å². The number of amides is 1. The molecule has 112 valence electrons. The van der Waals surface area contributed by atoms with E-state index in [9.17, 15) is 4.79 Å². The van der Waals surface area contributed by atoms with Gasteiger partial charge in [0.15, 0.2) is 0 Å². The molecular weight excluding hydrogens is 272 g/mol. The lowest BCUT2D eigenvalue weighted by molar-refractivity contribution is 0.0532. The van der Waals surface area contributed by atoms with E-state index in [0.29, 0.717) is 12.5 Å². The van der Waals surface area contributed by atoms with Gasteiger partial charge in [0.1, 0.15) is 0 Å². The van der Waals surface area contributed by atoms with E-state index in [1.54, 1.807) is 0 Å². The molecule has 1 fully saturated rings. The van der Waals surface area contributed by atoms with Gasteiger partial charge in [0, 0.05) is 24.7 Å². The van der Waals surface area contributed by atoms with Gasteiger partial charge >= 0.3 is 0 Å². The van der Waals surface area contributed by atoms with Crippen molar-refractivity contribution >= 4 is 18.3 Å². The summed E-state index contributed by atoms with van der Waals surface area (Å²) in [6.45, 7) is 7.64. The second-order valence-electron chi connectivity index (χ2n) is 5.80. The molecule has 0 saturated carbocycles. The van der Waals surface area contributed by atoms with Crippen LogP contribution in [0.3, 0.4) is 0 Å². The minimum absolute atomic E-state index is 0. The SMILES string of the molecule is Cc1cc(C)cc(C(=O)N2CCCC(C)C2CN)c1.Cl. The van der Waals surface area contributed by atoms with Gasteiger partial charge in [-0.15, -0.1) is 12.4 Å². The molecule has 0 aliphatic carbocycles. The Kier molecular flexibility index (Phi) is 6.03. The predicted molar refractivity (Wildman–Crippen MR) is 85.4 cm³/mol. The number of likely N-dealkylation sites (tertiary alicyclic amines) is 1. The number of benzene rings is 1. The van der Waals surface area contributed by atoms with E-state index in [2.05, 4.69) is 13.0 Å². The van der Waals surface area contributed by atoms with Crippen LogP contribution in [0.1, 0.15) is 41.3 Å². The zero-order valence-corrected chi connectivity index (χ0v) is 13.4. The number of nitrogens with two attached hydrogens (primary N) is 1. The summed E-state index contributed by atoms with van der Waals surface area (Å²) in [6, 6.07) is 6.22. The van der Waals surface area contributed by atoms with Gasteiger partial charge in [-0.25, -0.2) is 0 Å². The molecule has 1 aliphatic rings. The summed E-state index contributed by atoms with van der Waals surface area (Å²) in [5.74, 6) is 0.627. The van der Waals surface area contributed by atoms with E-state index >= 15 is 0 Å². The average molecular weight is 297 g/mol. The molecule has 2 rings (SSSR count). The van der Waals surface area contributed by atoms with Gasteiger partial charge in [-0.3, -0.25) is 4.79 Å². The van der Waals surface area contributed by atoms with E-state index in [1.165, 1.54) is 6.42 Å². The van der Waals surface area contributed by atoms with E-state index in [-0.39, 0.29) is 24.4 Å². The molecular formula is C16H25ClN2O. The quantitative estimate of drug-likeness (QED) is 0.912. The Morgan fingerprint density at radius 2 is 1.90 bits per heavy atom. The molecule has 1 aromatic rings. The normalized spacial score (nSPS) is 22.3. The Morgan fingerprint density at radius 3 is 2.45 bits per heavy atom. The van der Waals surface area contributed by atoms with Crippen LogP contribution in [-0.2, 0) is 0 Å². The monoisotopic (exact) mass is 296 g/mol. The summed E-state index contributed by atoms with van der Waals surface area (Å²) in [5, 5.41) is 0.